The Kier molecular flexibility index (Phi) is 2.33. The van der Waals surface area contributed by atoms with Gasteiger partial charge in [0.25, 0.3) is 0 Å². The SMILES string of the molecule is NC(=O)Nc1ccccc1Cl.[HH]. The van der Waals surface area contributed by atoms with Crippen LogP contribution in [0.15, 0.2) is 24.3 Å². The minimum Gasteiger partial charge on any atom is -0.351 e. The molecule has 0 aromatic heterocycles. The third-order valence-corrected chi connectivity index (χ3v) is 1.46. The number of anilines is 1. The van der Waals surface area contributed by atoms with Gasteiger partial charge >= 0.3 is 6.03 Å². The fourth-order valence-corrected chi connectivity index (χ4v) is 0.878. The van der Waals surface area contributed by atoms with E-state index in [-0.39, 0.29) is 1.43 Å². The van der Waals surface area contributed by atoms with Gasteiger partial charge < -0.3 is 11.1 Å². The third kappa shape index (κ3) is 2.13. The Hall–Kier alpha value is -1.22. The van der Waals surface area contributed by atoms with E-state index in [4.69, 9.17) is 17.3 Å². The highest BCUT2D eigenvalue weighted by molar-refractivity contribution is 6.33. The van der Waals surface area contributed by atoms with E-state index in [0.29, 0.717) is 10.7 Å². The second kappa shape index (κ2) is 3.25. The molecule has 0 saturated heterocycles. The van der Waals surface area contributed by atoms with Crippen molar-refractivity contribution >= 4 is 23.3 Å². The normalized spacial score (nSPS) is 9.18. The van der Waals surface area contributed by atoms with Gasteiger partial charge in [-0.15, -0.1) is 0 Å². The van der Waals surface area contributed by atoms with Crippen LogP contribution in [-0.2, 0) is 0 Å². The predicted molar refractivity (Wildman–Crippen MR) is 46.8 cm³/mol. The van der Waals surface area contributed by atoms with Crippen LogP contribution in [0.1, 0.15) is 1.43 Å². The van der Waals surface area contributed by atoms with Crippen molar-refractivity contribution in [2.75, 3.05) is 5.32 Å². The molecular weight excluding hydrogens is 164 g/mol. The summed E-state index contributed by atoms with van der Waals surface area (Å²) in [4.78, 5) is 10.4. The quantitative estimate of drug-likeness (QED) is 0.670. The van der Waals surface area contributed by atoms with Crippen LogP contribution in [0.2, 0.25) is 5.02 Å². The molecule has 0 aliphatic rings. The molecule has 0 heterocycles. The van der Waals surface area contributed by atoms with Gasteiger partial charge in [0.1, 0.15) is 0 Å². The number of hydrogen-bond acceptors (Lipinski definition) is 1. The van der Waals surface area contributed by atoms with E-state index in [2.05, 4.69) is 5.32 Å². The van der Waals surface area contributed by atoms with Gasteiger partial charge in [-0.25, -0.2) is 4.79 Å². The third-order valence-electron chi connectivity index (χ3n) is 1.13. The molecule has 0 atom stereocenters. The van der Waals surface area contributed by atoms with Gasteiger partial charge in [-0.2, -0.15) is 0 Å². The Morgan fingerprint density at radius 3 is 2.73 bits per heavy atom. The van der Waals surface area contributed by atoms with E-state index in [1.807, 2.05) is 0 Å². The number of primary amides is 1. The first-order chi connectivity index (χ1) is 5.20. The van der Waals surface area contributed by atoms with Crippen LogP contribution in [0, 0.1) is 0 Å². The molecule has 2 amide bonds. The largest absolute Gasteiger partial charge is 0.351 e. The molecule has 1 aromatic rings. The molecule has 3 N–H and O–H groups in total. The van der Waals surface area contributed by atoms with E-state index in [1.54, 1.807) is 24.3 Å². The van der Waals surface area contributed by atoms with E-state index in [0.717, 1.165) is 0 Å². The maximum absolute atomic E-state index is 10.4. The molecule has 0 bridgehead atoms. The number of benzene rings is 1. The van der Waals surface area contributed by atoms with Crippen molar-refractivity contribution in [2.24, 2.45) is 5.73 Å². The summed E-state index contributed by atoms with van der Waals surface area (Å²) in [6.45, 7) is 0. The molecule has 60 valence electrons. The standard InChI is InChI=1S/C7H7ClN2O.H2/c8-5-3-1-2-4-6(5)10-7(9)11;/h1-4H,(H3,9,10,11);1H. The lowest BCUT2D eigenvalue weighted by atomic mass is 10.3. The summed E-state index contributed by atoms with van der Waals surface area (Å²) in [5.41, 5.74) is 5.41. The minimum atomic E-state index is -0.613. The van der Waals surface area contributed by atoms with Crippen molar-refractivity contribution in [3.05, 3.63) is 29.3 Å². The molecule has 4 heteroatoms. The van der Waals surface area contributed by atoms with Crippen molar-refractivity contribution in [3.8, 4) is 0 Å². The first kappa shape index (κ1) is 7.88. The van der Waals surface area contributed by atoms with Gasteiger partial charge in [0.2, 0.25) is 0 Å². The van der Waals surface area contributed by atoms with E-state index in [1.165, 1.54) is 0 Å². The highest BCUT2D eigenvalue weighted by Gasteiger charge is 1.98. The smallest absolute Gasteiger partial charge is 0.316 e. The monoisotopic (exact) mass is 172 g/mol. The highest BCUT2D eigenvalue weighted by Crippen LogP contribution is 2.19. The van der Waals surface area contributed by atoms with E-state index >= 15 is 0 Å². The molecule has 0 radical (unpaired) electrons. The van der Waals surface area contributed by atoms with Crippen LogP contribution in [0.25, 0.3) is 0 Å². The molecule has 3 nitrogen and oxygen atoms in total. The van der Waals surface area contributed by atoms with Crippen LogP contribution < -0.4 is 11.1 Å². The zero-order valence-corrected chi connectivity index (χ0v) is 6.43. The lowest BCUT2D eigenvalue weighted by molar-refractivity contribution is 0.259. The highest BCUT2D eigenvalue weighted by atomic mass is 35.5. The average Bonchev–Trinajstić information content (AvgIpc) is 1.93. The van der Waals surface area contributed by atoms with Gasteiger partial charge in [0.05, 0.1) is 10.7 Å². The number of nitrogens with two attached hydrogens (primary N) is 1. The van der Waals surface area contributed by atoms with Crippen molar-refractivity contribution in [2.45, 2.75) is 0 Å². The zero-order chi connectivity index (χ0) is 8.27. The maximum atomic E-state index is 10.4. The molecule has 0 saturated carbocycles. The molecule has 0 aliphatic heterocycles. The second-order valence-corrected chi connectivity index (χ2v) is 2.38. The Balaban J connectivity index is 0.00000121. The molecule has 1 rings (SSSR count). The second-order valence-electron chi connectivity index (χ2n) is 1.97. The van der Waals surface area contributed by atoms with Crippen LogP contribution >= 0.6 is 11.6 Å². The Morgan fingerprint density at radius 2 is 2.18 bits per heavy atom. The summed E-state index contributed by atoms with van der Waals surface area (Å²) in [5, 5.41) is 2.86. The summed E-state index contributed by atoms with van der Waals surface area (Å²) >= 11 is 5.70. The van der Waals surface area contributed by atoms with E-state index < -0.39 is 6.03 Å². The fourth-order valence-electron chi connectivity index (χ4n) is 0.695. The number of carbonyl (C=O) groups excluding carboxylic acids is 1. The lowest BCUT2D eigenvalue weighted by Gasteiger charge is -2.01. The zero-order valence-electron chi connectivity index (χ0n) is 5.67. The van der Waals surface area contributed by atoms with Crippen molar-refractivity contribution in [1.82, 2.24) is 0 Å². The van der Waals surface area contributed by atoms with Crippen LogP contribution in [-0.4, -0.2) is 6.03 Å². The molecular formula is C7H9ClN2O. The van der Waals surface area contributed by atoms with Gasteiger partial charge in [-0.05, 0) is 12.1 Å². The molecule has 0 spiro atoms. The van der Waals surface area contributed by atoms with Gasteiger partial charge in [0.15, 0.2) is 0 Å². The molecule has 0 aliphatic carbocycles. The number of amides is 2. The topological polar surface area (TPSA) is 55.1 Å². The first-order valence-corrected chi connectivity index (χ1v) is 3.39. The van der Waals surface area contributed by atoms with Gasteiger partial charge in [-0.1, -0.05) is 23.7 Å². The summed E-state index contributed by atoms with van der Waals surface area (Å²) in [6.07, 6.45) is 0. The van der Waals surface area contributed by atoms with Crippen molar-refractivity contribution in [1.29, 1.82) is 0 Å². The molecule has 11 heavy (non-hydrogen) atoms. The number of urea groups is 1. The van der Waals surface area contributed by atoms with Crippen molar-refractivity contribution < 1.29 is 6.22 Å². The van der Waals surface area contributed by atoms with Gasteiger partial charge in [-0.3, -0.25) is 0 Å². The Labute approximate surface area is 70.6 Å². The molecule has 0 fully saturated rings. The van der Waals surface area contributed by atoms with Gasteiger partial charge in [0, 0.05) is 1.43 Å². The molecule has 0 unspecified atom stereocenters. The summed E-state index contributed by atoms with van der Waals surface area (Å²) in [7, 11) is 0. The van der Waals surface area contributed by atoms with Crippen LogP contribution in [0.3, 0.4) is 0 Å². The van der Waals surface area contributed by atoms with Crippen LogP contribution in [0.5, 0.6) is 0 Å². The Morgan fingerprint density at radius 1 is 1.55 bits per heavy atom. The average molecular weight is 173 g/mol. The lowest BCUT2D eigenvalue weighted by Crippen LogP contribution is -2.19. The predicted octanol–water partition coefficient (Wildman–Crippen LogP) is 2.08. The number of halogens is 1. The van der Waals surface area contributed by atoms with Crippen molar-refractivity contribution in [3.63, 3.8) is 0 Å². The first-order valence-electron chi connectivity index (χ1n) is 3.01. The number of nitrogens with one attached hydrogen (secondary N) is 1. The molecule has 1 aromatic carbocycles. The number of hydrogen-bond donors (Lipinski definition) is 2. The van der Waals surface area contributed by atoms with Crippen LogP contribution in [0.4, 0.5) is 10.5 Å². The van der Waals surface area contributed by atoms with E-state index in [9.17, 15) is 4.79 Å². The summed E-state index contributed by atoms with van der Waals surface area (Å²) in [5.74, 6) is 0. The maximum Gasteiger partial charge on any atom is 0.316 e. The fraction of sp³-hybridized carbons (Fsp3) is 0. The Bertz CT molecular complexity index is 280. The number of carbonyl (C=O) groups is 1. The summed E-state index contributed by atoms with van der Waals surface area (Å²) in [6, 6.07) is 6.27. The number of rotatable bonds is 1. The minimum absolute atomic E-state index is 0. The number of para-hydroxylation sites is 1. The summed E-state index contributed by atoms with van der Waals surface area (Å²) < 4.78 is 0.